The number of halogens is 1. The second kappa shape index (κ2) is 4.66. The van der Waals surface area contributed by atoms with E-state index in [1.807, 2.05) is 0 Å². The molecule has 0 heterocycles. The molecular formula is C16H15Br. The molecule has 17 heavy (non-hydrogen) atoms. The van der Waals surface area contributed by atoms with Crippen LogP contribution in [0.4, 0.5) is 0 Å². The van der Waals surface area contributed by atoms with Crippen LogP contribution in [0.1, 0.15) is 17.9 Å². The third kappa shape index (κ3) is 2.30. The number of rotatable bonds is 3. The molecule has 0 aromatic heterocycles. The molecule has 0 saturated heterocycles. The first-order valence-corrected chi connectivity index (χ1v) is 7.22. The Morgan fingerprint density at radius 2 is 1.53 bits per heavy atom. The van der Waals surface area contributed by atoms with Crippen molar-refractivity contribution in [3.8, 4) is 11.1 Å². The normalized spacial score (nSPS) is 22.4. The van der Waals surface area contributed by atoms with Gasteiger partial charge in [0.15, 0.2) is 0 Å². The minimum absolute atomic E-state index is 0.791. The van der Waals surface area contributed by atoms with Crippen molar-refractivity contribution in [1.29, 1.82) is 0 Å². The van der Waals surface area contributed by atoms with Gasteiger partial charge in [-0.2, -0.15) is 0 Å². The van der Waals surface area contributed by atoms with Crippen molar-refractivity contribution in [3.05, 3.63) is 60.2 Å². The zero-order chi connectivity index (χ0) is 11.7. The predicted molar refractivity (Wildman–Crippen MR) is 76.5 cm³/mol. The van der Waals surface area contributed by atoms with Gasteiger partial charge in [0.05, 0.1) is 0 Å². The molecule has 0 spiro atoms. The second-order valence-corrected chi connectivity index (χ2v) is 5.39. The fourth-order valence-electron chi connectivity index (χ4n) is 2.38. The maximum atomic E-state index is 3.57. The van der Waals surface area contributed by atoms with Gasteiger partial charge in [-0.1, -0.05) is 70.5 Å². The van der Waals surface area contributed by atoms with Crippen molar-refractivity contribution in [3.63, 3.8) is 0 Å². The molecule has 2 atom stereocenters. The summed E-state index contributed by atoms with van der Waals surface area (Å²) in [5, 5.41) is 1.14. The Bertz CT molecular complexity index is 487. The van der Waals surface area contributed by atoms with Crippen LogP contribution in [0.2, 0.25) is 0 Å². The molecule has 0 nitrogen and oxygen atoms in total. The summed E-state index contributed by atoms with van der Waals surface area (Å²) < 4.78 is 0. The standard InChI is InChI=1S/C16H15Br/c17-11-15-10-16(15)14-8-6-13(7-9-14)12-4-2-1-3-5-12/h1-9,15-16H,10-11H2. The molecular weight excluding hydrogens is 272 g/mol. The Kier molecular flexibility index (Phi) is 3.02. The quantitative estimate of drug-likeness (QED) is 0.708. The van der Waals surface area contributed by atoms with Crippen molar-refractivity contribution >= 4 is 15.9 Å². The van der Waals surface area contributed by atoms with Gasteiger partial charge in [-0.05, 0) is 34.9 Å². The SMILES string of the molecule is BrCC1CC1c1ccc(-c2ccccc2)cc1. The summed E-state index contributed by atoms with van der Waals surface area (Å²) in [5.41, 5.74) is 4.10. The van der Waals surface area contributed by atoms with Crippen LogP contribution in [0.5, 0.6) is 0 Å². The molecule has 0 aliphatic heterocycles. The van der Waals surface area contributed by atoms with Crippen LogP contribution in [0.3, 0.4) is 0 Å². The summed E-state index contributed by atoms with van der Waals surface area (Å²) >= 11 is 3.57. The van der Waals surface area contributed by atoms with Gasteiger partial charge in [0.25, 0.3) is 0 Å². The van der Waals surface area contributed by atoms with E-state index in [0.29, 0.717) is 0 Å². The summed E-state index contributed by atoms with van der Waals surface area (Å²) in [6.07, 6.45) is 1.34. The minimum Gasteiger partial charge on any atom is -0.0925 e. The average molecular weight is 287 g/mol. The molecule has 1 fully saturated rings. The van der Waals surface area contributed by atoms with Crippen LogP contribution in [0.25, 0.3) is 11.1 Å². The highest BCUT2D eigenvalue weighted by molar-refractivity contribution is 9.09. The molecule has 1 aliphatic rings. The maximum Gasteiger partial charge on any atom is 0.00657 e. The molecule has 2 aromatic carbocycles. The van der Waals surface area contributed by atoms with Gasteiger partial charge in [-0.3, -0.25) is 0 Å². The van der Waals surface area contributed by atoms with Crippen LogP contribution >= 0.6 is 15.9 Å². The third-order valence-electron chi connectivity index (χ3n) is 3.57. The zero-order valence-corrected chi connectivity index (χ0v) is 11.2. The van der Waals surface area contributed by atoms with E-state index in [2.05, 4.69) is 70.5 Å². The molecule has 0 N–H and O–H groups in total. The van der Waals surface area contributed by atoms with Crippen molar-refractivity contribution in [2.24, 2.45) is 5.92 Å². The van der Waals surface area contributed by atoms with E-state index in [4.69, 9.17) is 0 Å². The summed E-state index contributed by atoms with van der Waals surface area (Å²) in [5.74, 6) is 1.65. The predicted octanol–water partition coefficient (Wildman–Crippen LogP) is 4.85. The average Bonchev–Trinajstić information content (AvgIpc) is 3.19. The fraction of sp³-hybridized carbons (Fsp3) is 0.250. The topological polar surface area (TPSA) is 0 Å². The third-order valence-corrected chi connectivity index (χ3v) is 4.40. The van der Waals surface area contributed by atoms with E-state index in [1.54, 1.807) is 0 Å². The first-order chi connectivity index (χ1) is 8.38. The van der Waals surface area contributed by atoms with Crippen molar-refractivity contribution < 1.29 is 0 Å². The lowest BCUT2D eigenvalue weighted by Crippen LogP contribution is -1.85. The molecule has 2 unspecified atom stereocenters. The summed E-state index contributed by atoms with van der Waals surface area (Å²) in [6.45, 7) is 0. The number of alkyl halides is 1. The van der Waals surface area contributed by atoms with E-state index in [1.165, 1.54) is 23.1 Å². The van der Waals surface area contributed by atoms with E-state index >= 15 is 0 Å². The first-order valence-electron chi connectivity index (χ1n) is 6.10. The van der Waals surface area contributed by atoms with Crippen LogP contribution in [-0.2, 0) is 0 Å². The lowest BCUT2D eigenvalue weighted by atomic mass is 10.0. The highest BCUT2D eigenvalue weighted by Crippen LogP contribution is 2.48. The lowest BCUT2D eigenvalue weighted by molar-refractivity contribution is 0.937. The van der Waals surface area contributed by atoms with Gasteiger partial charge in [-0.15, -0.1) is 0 Å². The van der Waals surface area contributed by atoms with Gasteiger partial charge in [-0.25, -0.2) is 0 Å². The monoisotopic (exact) mass is 286 g/mol. The molecule has 1 heteroatoms. The van der Waals surface area contributed by atoms with Crippen LogP contribution in [0.15, 0.2) is 54.6 Å². The Balaban J connectivity index is 1.82. The molecule has 0 bridgehead atoms. The summed E-state index contributed by atoms with van der Waals surface area (Å²) in [6, 6.07) is 19.6. The molecule has 0 amide bonds. The van der Waals surface area contributed by atoms with E-state index in [-0.39, 0.29) is 0 Å². The Morgan fingerprint density at radius 1 is 0.882 bits per heavy atom. The first kappa shape index (κ1) is 11.0. The summed E-state index contributed by atoms with van der Waals surface area (Å²) in [4.78, 5) is 0. The minimum atomic E-state index is 0.791. The lowest BCUT2D eigenvalue weighted by Gasteiger charge is -2.03. The highest BCUT2D eigenvalue weighted by atomic mass is 79.9. The van der Waals surface area contributed by atoms with Crippen LogP contribution in [-0.4, -0.2) is 5.33 Å². The van der Waals surface area contributed by atoms with Crippen molar-refractivity contribution in [2.45, 2.75) is 12.3 Å². The van der Waals surface area contributed by atoms with E-state index < -0.39 is 0 Å². The largest absolute Gasteiger partial charge is 0.0925 e. The van der Waals surface area contributed by atoms with Crippen LogP contribution in [0, 0.1) is 5.92 Å². The smallest absolute Gasteiger partial charge is 0.00657 e. The van der Waals surface area contributed by atoms with Crippen LogP contribution < -0.4 is 0 Å². The summed E-state index contributed by atoms with van der Waals surface area (Å²) in [7, 11) is 0. The number of benzene rings is 2. The number of hydrogen-bond acceptors (Lipinski definition) is 0. The van der Waals surface area contributed by atoms with Crippen molar-refractivity contribution in [1.82, 2.24) is 0 Å². The Morgan fingerprint density at radius 3 is 2.12 bits per heavy atom. The van der Waals surface area contributed by atoms with E-state index in [9.17, 15) is 0 Å². The molecule has 2 aromatic rings. The Hall–Kier alpha value is -1.08. The Labute approximate surface area is 111 Å². The van der Waals surface area contributed by atoms with Gasteiger partial charge < -0.3 is 0 Å². The fourth-order valence-corrected chi connectivity index (χ4v) is 3.10. The number of hydrogen-bond donors (Lipinski definition) is 0. The van der Waals surface area contributed by atoms with E-state index in [0.717, 1.165) is 17.2 Å². The van der Waals surface area contributed by atoms with Gasteiger partial charge >= 0.3 is 0 Å². The zero-order valence-electron chi connectivity index (χ0n) is 9.64. The molecule has 0 radical (unpaired) electrons. The highest BCUT2D eigenvalue weighted by Gasteiger charge is 2.36. The van der Waals surface area contributed by atoms with Gasteiger partial charge in [0, 0.05) is 5.33 Å². The molecule has 1 saturated carbocycles. The maximum absolute atomic E-state index is 3.57. The molecule has 1 aliphatic carbocycles. The second-order valence-electron chi connectivity index (χ2n) is 4.74. The molecule has 3 rings (SSSR count). The van der Waals surface area contributed by atoms with Crippen molar-refractivity contribution in [2.75, 3.05) is 5.33 Å². The van der Waals surface area contributed by atoms with Gasteiger partial charge in [0.2, 0.25) is 0 Å². The van der Waals surface area contributed by atoms with Gasteiger partial charge in [0.1, 0.15) is 0 Å². The molecule has 86 valence electrons.